The Hall–Kier alpha value is -1.80. The fraction of sp³-hybridized carbons (Fsp3) is 0.450. The van der Waals surface area contributed by atoms with Crippen molar-refractivity contribution < 1.29 is 18.0 Å². The van der Waals surface area contributed by atoms with E-state index in [9.17, 15) is 18.0 Å². The monoisotopic (exact) mass is 455 g/mol. The van der Waals surface area contributed by atoms with Gasteiger partial charge >= 0.3 is 6.18 Å². The molecule has 2 aromatic rings. The molecule has 0 spiro atoms. The topological polar surface area (TPSA) is 48.1 Å². The summed E-state index contributed by atoms with van der Waals surface area (Å²) < 4.78 is 40.3. The molecule has 28 heavy (non-hydrogen) atoms. The molecular weight excluding hydrogens is 435 g/mol. The molecule has 0 fully saturated rings. The number of carbonyl (C=O) groups is 1. The van der Waals surface area contributed by atoms with E-state index in [4.69, 9.17) is 0 Å². The number of nitrogens with zero attached hydrogens (tertiary/aromatic N) is 1. The molecule has 0 saturated carbocycles. The van der Waals surface area contributed by atoms with Crippen LogP contribution in [0, 0.1) is 5.92 Å². The molecule has 4 nitrogen and oxygen atoms in total. The van der Waals surface area contributed by atoms with Crippen molar-refractivity contribution in [1.29, 1.82) is 0 Å². The summed E-state index contributed by atoms with van der Waals surface area (Å²) in [6, 6.07) is 5.68. The number of carbonyl (C=O) groups excluding carboxylic acids is 1. The van der Waals surface area contributed by atoms with E-state index in [-0.39, 0.29) is 12.5 Å². The number of halogens is 4. The normalized spacial score (nSPS) is 23.3. The number of hydrogen-bond donors (Lipinski definition) is 2. The summed E-state index contributed by atoms with van der Waals surface area (Å²) in [7, 11) is 1.95. The Morgan fingerprint density at radius 3 is 2.86 bits per heavy atom. The van der Waals surface area contributed by atoms with Gasteiger partial charge in [-0.05, 0) is 58.6 Å². The molecule has 2 N–H and O–H groups in total. The van der Waals surface area contributed by atoms with Crippen molar-refractivity contribution in [3.05, 3.63) is 40.0 Å². The third-order valence-corrected chi connectivity index (χ3v) is 6.46. The maximum Gasteiger partial charge on any atom is 0.400 e. The van der Waals surface area contributed by atoms with Gasteiger partial charge in [0.15, 0.2) is 0 Å². The summed E-state index contributed by atoms with van der Waals surface area (Å²) in [5, 5.41) is 3.74. The lowest BCUT2D eigenvalue weighted by atomic mass is 9.81. The van der Waals surface area contributed by atoms with Crippen LogP contribution in [0.15, 0.2) is 28.9 Å². The number of rotatable bonds is 3. The van der Waals surface area contributed by atoms with Crippen LogP contribution in [0.25, 0.3) is 16.5 Å². The number of likely N-dealkylation sites (N-methyl/N-ethyl adjacent to an activating group) is 1. The average Bonchev–Trinajstić information content (AvgIpc) is 2.92. The first kappa shape index (κ1) is 19.5. The summed E-state index contributed by atoms with van der Waals surface area (Å²) in [6.07, 6.45) is -2.06. The minimum absolute atomic E-state index is 0.128. The van der Waals surface area contributed by atoms with E-state index in [1.807, 2.05) is 31.3 Å². The van der Waals surface area contributed by atoms with Crippen molar-refractivity contribution in [1.82, 2.24) is 15.2 Å². The van der Waals surface area contributed by atoms with Crippen molar-refractivity contribution >= 4 is 38.3 Å². The standard InChI is InChI=1S/C20H21BrF3N3O/c1-3-14(20(22,23)24)19(28)25-10-7-12-11-5-4-6-15-17(11)13(18(21)26-15)8-16(12)27(2)9-10/h4-7,10,14,16,26H,3,8-9H2,1-2H3,(H,25,28)/t10?,14?,16-/m1/s1. The van der Waals surface area contributed by atoms with Gasteiger partial charge in [0.2, 0.25) is 5.91 Å². The molecule has 1 aromatic carbocycles. The van der Waals surface area contributed by atoms with E-state index in [1.54, 1.807) is 0 Å². The van der Waals surface area contributed by atoms with Crippen molar-refractivity contribution in [3.8, 4) is 0 Å². The summed E-state index contributed by atoms with van der Waals surface area (Å²) >= 11 is 3.60. The van der Waals surface area contributed by atoms with Crippen LogP contribution < -0.4 is 5.32 Å². The van der Waals surface area contributed by atoms with Crippen LogP contribution in [0.5, 0.6) is 0 Å². The van der Waals surface area contributed by atoms with Crippen LogP contribution in [-0.2, 0) is 11.2 Å². The van der Waals surface area contributed by atoms with Crippen molar-refractivity contribution in [2.75, 3.05) is 13.6 Å². The smallest absolute Gasteiger partial charge is 0.349 e. The molecule has 1 aromatic heterocycles. The van der Waals surface area contributed by atoms with Crippen LogP contribution in [0.2, 0.25) is 0 Å². The zero-order valence-corrected chi connectivity index (χ0v) is 17.1. The van der Waals surface area contributed by atoms with Gasteiger partial charge in [0.25, 0.3) is 0 Å². The summed E-state index contributed by atoms with van der Waals surface area (Å²) in [4.78, 5) is 17.7. The van der Waals surface area contributed by atoms with Gasteiger partial charge in [-0.15, -0.1) is 0 Å². The number of alkyl halides is 3. The second-order valence-corrected chi connectivity index (χ2v) is 8.34. The van der Waals surface area contributed by atoms with Gasteiger partial charge < -0.3 is 10.3 Å². The Labute approximate surface area is 169 Å². The Morgan fingerprint density at radius 2 is 2.18 bits per heavy atom. The van der Waals surface area contributed by atoms with E-state index >= 15 is 0 Å². The molecule has 1 aliphatic carbocycles. The van der Waals surface area contributed by atoms with Crippen LogP contribution in [0.3, 0.4) is 0 Å². The number of hydrogen-bond acceptors (Lipinski definition) is 2. The lowest BCUT2D eigenvalue weighted by Crippen LogP contribution is -2.52. The van der Waals surface area contributed by atoms with Gasteiger partial charge in [-0.2, -0.15) is 13.2 Å². The number of aromatic amines is 1. The SMILES string of the molecule is CCC(C(=O)NC1C=C2c3cccc4[nH]c(Br)c(c34)C[C@H]2N(C)C1)C(F)(F)F. The second kappa shape index (κ2) is 6.91. The molecule has 2 unspecified atom stereocenters. The van der Waals surface area contributed by atoms with E-state index in [0.717, 1.165) is 33.1 Å². The Kier molecular flexibility index (Phi) is 4.82. The quantitative estimate of drug-likeness (QED) is 0.726. The van der Waals surface area contributed by atoms with Crippen LogP contribution in [0.4, 0.5) is 13.2 Å². The Morgan fingerprint density at radius 1 is 1.43 bits per heavy atom. The highest BCUT2D eigenvalue weighted by atomic mass is 79.9. The molecular formula is C20H21BrF3N3O. The lowest BCUT2D eigenvalue weighted by Gasteiger charge is -2.40. The van der Waals surface area contributed by atoms with Gasteiger partial charge in [0.05, 0.1) is 10.6 Å². The minimum atomic E-state index is -4.53. The van der Waals surface area contributed by atoms with E-state index in [1.165, 1.54) is 12.5 Å². The molecule has 2 aliphatic rings. The van der Waals surface area contributed by atoms with Crippen LogP contribution in [0.1, 0.15) is 24.5 Å². The first-order chi connectivity index (χ1) is 13.2. The van der Waals surface area contributed by atoms with Crippen molar-refractivity contribution in [2.45, 2.75) is 38.0 Å². The minimum Gasteiger partial charge on any atom is -0.349 e. The Bertz CT molecular complexity index is 965. The van der Waals surface area contributed by atoms with Gasteiger partial charge in [-0.1, -0.05) is 25.1 Å². The fourth-order valence-electron chi connectivity index (χ4n) is 4.44. The number of benzene rings is 1. The number of fused-ring (bicyclic) bond motifs is 2. The van der Waals surface area contributed by atoms with Crippen LogP contribution >= 0.6 is 15.9 Å². The Balaban J connectivity index is 1.69. The maximum atomic E-state index is 13.1. The summed E-state index contributed by atoms with van der Waals surface area (Å²) in [5.41, 5.74) is 4.36. The lowest BCUT2D eigenvalue weighted by molar-refractivity contribution is -0.183. The highest BCUT2D eigenvalue weighted by Gasteiger charge is 2.44. The highest BCUT2D eigenvalue weighted by Crippen LogP contribution is 2.42. The third kappa shape index (κ3) is 3.16. The molecule has 0 bridgehead atoms. The first-order valence-electron chi connectivity index (χ1n) is 9.29. The van der Waals surface area contributed by atoms with Gasteiger partial charge in [0.1, 0.15) is 5.92 Å². The van der Waals surface area contributed by atoms with Gasteiger partial charge in [0, 0.05) is 23.5 Å². The molecule has 1 amide bonds. The summed E-state index contributed by atoms with van der Waals surface area (Å²) in [6.45, 7) is 1.86. The molecule has 4 rings (SSSR count). The largest absolute Gasteiger partial charge is 0.400 e. The number of nitrogens with one attached hydrogen (secondary N) is 2. The number of H-pyrrole nitrogens is 1. The van der Waals surface area contributed by atoms with E-state index in [0.29, 0.717) is 6.54 Å². The van der Waals surface area contributed by atoms with E-state index < -0.39 is 24.0 Å². The predicted molar refractivity (Wildman–Crippen MR) is 106 cm³/mol. The average molecular weight is 456 g/mol. The fourth-order valence-corrected chi connectivity index (χ4v) is 5.01. The third-order valence-electron chi connectivity index (χ3n) is 5.79. The first-order valence-corrected chi connectivity index (χ1v) is 10.1. The zero-order valence-electron chi connectivity index (χ0n) is 15.5. The highest BCUT2D eigenvalue weighted by molar-refractivity contribution is 9.10. The molecule has 0 saturated heterocycles. The molecule has 3 atom stereocenters. The number of amides is 1. The van der Waals surface area contributed by atoms with Gasteiger partial charge in [-0.3, -0.25) is 9.69 Å². The van der Waals surface area contributed by atoms with Gasteiger partial charge in [-0.25, -0.2) is 0 Å². The molecule has 1 aliphatic heterocycles. The molecule has 2 heterocycles. The second-order valence-electron chi connectivity index (χ2n) is 7.54. The molecule has 0 radical (unpaired) electrons. The van der Waals surface area contributed by atoms with Crippen LogP contribution in [-0.4, -0.2) is 47.6 Å². The van der Waals surface area contributed by atoms with Crippen molar-refractivity contribution in [3.63, 3.8) is 0 Å². The summed E-state index contributed by atoms with van der Waals surface area (Å²) in [5.74, 6) is -2.93. The number of aromatic nitrogens is 1. The zero-order chi connectivity index (χ0) is 20.2. The molecule has 150 valence electrons. The van der Waals surface area contributed by atoms with Crippen molar-refractivity contribution in [2.24, 2.45) is 5.92 Å². The molecule has 8 heteroatoms. The predicted octanol–water partition coefficient (Wildman–Crippen LogP) is 4.26. The van der Waals surface area contributed by atoms with E-state index in [2.05, 4.69) is 31.1 Å². The maximum absolute atomic E-state index is 13.1.